The summed E-state index contributed by atoms with van der Waals surface area (Å²) in [7, 11) is 1.50. The molecular weight excluding hydrogens is 168 g/mol. The molecule has 0 saturated carbocycles. The van der Waals surface area contributed by atoms with E-state index in [0.717, 1.165) is 0 Å². The highest BCUT2D eigenvalue weighted by atomic mass is 16.7. The van der Waals surface area contributed by atoms with E-state index < -0.39 is 5.41 Å². The molecular formula is C10H20O3. The fourth-order valence-electron chi connectivity index (χ4n) is 0.599. The number of carbonyl (C=O) groups excluding carboxylic acids is 1. The molecule has 0 N–H and O–H groups in total. The van der Waals surface area contributed by atoms with Crippen molar-refractivity contribution in [2.45, 2.75) is 34.6 Å². The van der Waals surface area contributed by atoms with E-state index >= 15 is 0 Å². The Bertz CT molecular complexity index is 177. The van der Waals surface area contributed by atoms with Crippen LogP contribution in [0.15, 0.2) is 0 Å². The molecule has 0 amide bonds. The Morgan fingerprint density at radius 2 is 1.62 bits per heavy atom. The van der Waals surface area contributed by atoms with Crippen LogP contribution in [0.25, 0.3) is 0 Å². The van der Waals surface area contributed by atoms with Crippen molar-refractivity contribution < 1.29 is 14.3 Å². The zero-order valence-electron chi connectivity index (χ0n) is 9.43. The van der Waals surface area contributed by atoms with Crippen LogP contribution in [0.4, 0.5) is 0 Å². The molecule has 3 nitrogen and oxygen atoms in total. The highest BCUT2D eigenvalue weighted by molar-refractivity contribution is 5.76. The molecule has 3 heteroatoms. The van der Waals surface area contributed by atoms with Gasteiger partial charge in [-0.3, -0.25) is 4.79 Å². The fourth-order valence-corrected chi connectivity index (χ4v) is 0.599. The van der Waals surface area contributed by atoms with E-state index in [4.69, 9.17) is 4.74 Å². The molecule has 13 heavy (non-hydrogen) atoms. The van der Waals surface area contributed by atoms with Crippen molar-refractivity contribution in [3.05, 3.63) is 0 Å². The molecule has 0 aliphatic heterocycles. The van der Waals surface area contributed by atoms with Crippen LogP contribution in [-0.2, 0) is 14.3 Å². The van der Waals surface area contributed by atoms with Gasteiger partial charge in [0.1, 0.15) is 0 Å². The van der Waals surface area contributed by atoms with Crippen LogP contribution in [0.5, 0.6) is 0 Å². The molecule has 0 radical (unpaired) electrons. The lowest BCUT2D eigenvalue weighted by atomic mass is 9.69. The summed E-state index contributed by atoms with van der Waals surface area (Å²) >= 11 is 0. The third-order valence-electron chi connectivity index (χ3n) is 2.69. The first kappa shape index (κ1) is 12.4. The van der Waals surface area contributed by atoms with Gasteiger partial charge in [-0.1, -0.05) is 20.8 Å². The summed E-state index contributed by atoms with van der Waals surface area (Å²) in [5.41, 5.74) is -0.608. The molecule has 78 valence electrons. The molecule has 0 saturated heterocycles. The van der Waals surface area contributed by atoms with Crippen molar-refractivity contribution in [2.75, 3.05) is 13.9 Å². The maximum absolute atomic E-state index is 11.6. The second-order valence-electron chi connectivity index (χ2n) is 4.71. The predicted octanol–water partition coefficient (Wildman–Crippen LogP) is 2.21. The third-order valence-corrected chi connectivity index (χ3v) is 2.69. The molecule has 0 aliphatic rings. The lowest BCUT2D eigenvalue weighted by Gasteiger charge is -2.35. The number of carbonyl (C=O) groups is 1. The van der Waals surface area contributed by atoms with Crippen molar-refractivity contribution in [3.63, 3.8) is 0 Å². The highest BCUT2D eigenvalue weighted by Gasteiger charge is 2.41. The molecule has 0 aromatic rings. The van der Waals surface area contributed by atoms with E-state index in [-0.39, 0.29) is 18.2 Å². The minimum atomic E-state index is -0.495. The molecule has 0 aromatic heterocycles. The van der Waals surface area contributed by atoms with Crippen molar-refractivity contribution in [2.24, 2.45) is 10.8 Å². The molecule has 0 bridgehead atoms. The average molecular weight is 188 g/mol. The van der Waals surface area contributed by atoms with Gasteiger partial charge < -0.3 is 9.47 Å². The lowest BCUT2D eigenvalue weighted by molar-refractivity contribution is -0.170. The number of rotatable bonds is 3. The maximum atomic E-state index is 11.6. The quantitative estimate of drug-likeness (QED) is 0.503. The second-order valence-corrected chi connectivity index (χ2v) is 4.71. The standard InChI is InChI=1S/C10H20O3/c1-9(2,3)10(4,5)8(11)13-7-12-6/h7H2,1-6H3. The Labute approximate surface area is 80.4 Å². The van der Waals surface area contributed by atoms with Crippen LogP contribution in [0, 0.1) is 10.8 Å². The molecule has 0 aromatic carbocycles. The monoisotopic (exact) mass is 188 g/mol. The Hall–Kier alpha value is -0.570. The Kier molecular flexibility index (Phi) is 3.91. The van der Waals surface area contributed by atoms with Crippen molar-refractivity contribution in [1.29, 1.82) is 0 Å². The van der Waals surface area contributed by atoms with E-state index in [0.29, 0.717) is 0 Å². The van der Waals surface area contributed by atoms with Crippen LogP contribution in [0.2, 0.25) is 0 Å². The molecule has 0 rings (SSSR count). The number of ether oxygens (including phenoxy) is 2. The van der Waals surface area contributed by atoms with Crippen LogP contribution in [0.1, 0.15) is 34.6 Å². The van der Waals surface area contributed by atoms with Gasteiger partial charge in [-0.2, -0.15) is 0 Å². The van der Waals surface area contributed by atoms with Gasteiger partial charge in [0, 0.05) is 7.11 Å². The van der Waals surface area contributed by atoms with Gasteiger partial charge >= 0.3 is 5.97 Å². The summed E-state index contributed by atoms with van der Waals surface area (Å²) in [6.07, 6.45) is 0. The summed E-state index contributed by atoms with van der Waals surface area (Å²) in [5, 5.41) is 0. The van der Waals surface area contributed by atoms with E-state index in [1.165, 1.54) is 7.11 Å². The Morgan fingerprint density at radius 3 is 1.92 bits per heavy atom. The largest absolute Gasteiger partial charge is 0.438 e. The third kappa shape index (κ3) is 2.99. The number of esters is 1. The van der Waals surface area contributed by atoms with Gasteiger partial charge in [-0.15, -0.1) is 0 Å². The van der Waals surface area contributed by atoms with E-state index in [9.17, 15) is 4.79 Å². The smallest absolute Gasteiger partial charge is 0.314 e. The van der Waals surface area contributed by atoms with Crippen LogP contribution < -0.4 is 0 Å². The van der Waals surface area contributed by atoms with Gasteiger partial charge in [-0.05, 0) is 19.3 Å². The Morgan fingerprint density at radius 1 is 1.15 bits per heavy atom. The van der Waals surface area contributed by atoms with Crippen LogP contribution in [-0.4, -0.2) is 19.9 Å². The van der Waals surface area contributed by atoms with Crippen LogP contribution >= 0.6 is 0 Å². The van der Waals surface area contributed by atoms with E-state index in [1.807, 2.05) is 34.6 Å². The summed E-state index contributed by atoms with van der Waals surface area (Å²) in [6, 6.07) is 0. The zero-order chi connectivity index (χ0) is 10.7. The van der Waals surface area contributed by atoms with Gasteiger partial charge in [0.25, 0.3) is 0 Å². The van der Waals surface area contributed by atoms with Crippen molar-refractivity contribution in [1.82, 2.24) is 0 Å². The van der Waals surface area contributed by atoms with Gasteiger partial charge in [0.15, 0.2) is 6.79 Å². The average Bonchev–Trinajstić information content (AvgIpc) is 1.97. The van der Waals surface area contributed by atoms with E-state index in [1.54, 1.807) is 0 Å². The fraction of sp³-hybridized carbons (Fsp3) is 0.900. The summed E-state index contributed by atoms with van der Waals surface area (Å²) in [4.78, 5) is 11.6. The molecule has 0 atom stereocenters. The summed E-state index contributed by atoms with van der Waals surface area (Å²) < 4.78 is 9.60. The topological polar surface area (TPSA) is 35.5 Å². The number of hydrogen-bond donors (Lipinski definition) is 0. The van der Waals surface area contributed by atoms with Gasteiger partial charge in [0.05, 0.1) is 5.41 Å². The molecule has 0 fully saturated rings. The highest BCUT2D eigenvalue weighted by Crippen LogP contribution is 2.38. The SMILES string of the molecule is COCOC(=O)C(C)(C)C(C)(C)C. The summed E-state index contributed by atoms with van der Waals surface area (Å²) in [6.45, 7) is 9.83. The normalized spacial score (nSPS) is 12.8. The minimum Gasteiger partial charge on any atom is -0.438 e. The maximum Gasteiger partial charge on any atom is 0.314 e. The summed E-state index contributed by atoms with van der Waals surface area (Å²) in [5.74, 6) is -0.221. The lowest BCUT2D eigenvalue weighted by Crippen LogP contribution is -2.39. The second kappa shape index (κ2) is 4.09. The number of hydrogen-bond acceptors (Lipinski definition) is 3. The molecule has 0 spiro atoms. The van der Waals surface area contributed by atoms with Gasteiger partial charge in [0.2, 0.25) is 0 Å². The Balaban J connectivity index is 4.37. The van der Waals surface area contributed by atoms with Crippen molar-refractivity contribution >= 4 is 5.97 Å². The minimum absolute atomic E-state index is 0.0261. The van der Waals surface area contributed by atoms with E-state index in [2.05, 4.69) is 4.74 Å². The molecule has 0 heterocycles. The van der Waals surface area contributed by atoms with Crippen molar-refractivity contribution in [3.8, 4) is 0 Å². The first-order valence-electron chi connectivity index (χ1n) is 4.39. The first-order chi connectivity index (χ1) is 5.73. The predicted molar refractivity (Wildman–Crippen MR) is 51.2 cm³/mol. The number of methoxy groups -OCH3 is 1. The zero-order valence-corrected chi connectivity index (χ0v) is 9.43. The first-order valence-corrected chi connectivity index (χ1v) is 4.39. The van der Waals surface area contributed by atoms with Gasteiger partial charge in [-0.25, -0.2) is 0 Å². The van der Waals surface area contributed by atoms with Crippen LogP contribution in [0.3, 0.4) is 0 Å². The molecule has 0 unspecified atom stereocenters. The molecule has 0 aliphatic carbocycles.